The molecule has 1 unspecified atom stereocenters. The van der Waals surface area contributed by atoms with Crippen LogP contribution in [0.25, 0.3) is 0 Å². The van der Waals surface area contributed by atoms with E-state index in [0.717, 1.165) is 31.1 Å². The number of benzene rings is 2. The van der Waals surface area contributed by atoms with Gasteiger partial charge in [0.25, 0.3) is 0 Å². The number of hydrogen-bond acceptors (Lipinski definition) is 5. The van der Waals surface area contributed by atoms with Gasteiger partial charge in [-0.1, -0.05) is 30.3 Å². The summed E-state index contributed by atoms with van der Waals surface area (Å²) in [6, 6.07) is 16.2. The van der Waals surface area contributed by atoms with Crippen LogP contribution in [0.15, 0.2) is 48.5 Å². The highest BCUT2D eigenvalue weighted by Crippen LogP contribution is 2.30. The molecule has 1 saturated heterocycles. The minimum Gasteiger partial charge on any atom is -0.486 e. The quantitative estimate of drug-likeness (QED) is 0.762. The lowest BCUT2D eigenvalue weighted by Gasteiger charge is -2.31. The Balaban J connectivity index is 1.26. The summed E-state index contributed by atoms with van der Waals surface area (Å²) in [6.07, 6.45) is 3.66. The van der Waals surface area contributed by atoms with Crippen LogP contribution in [-0.4, -0.2) is 56.7 Å². The summed E-state index contributed by atoms with van der Waals surface area (Å²) in [5.74, 6) is 1.48. The van der Waals surface area contributed by atoms with E-state index in [4.69, 9.17) is 9.47 Å². The zero-order valence-electron chi connectivity index (χ0n) is 17.7. The van der Waals surface area contributed by atoms with Crippen LogP contribution >= 0.6 is 0 Å². The predicted molar refractivity (Wildman–Crippen MR) is 118 cm³/mol. The number of para-hydroxylation sites is 3. The summed E-state index contributed by atoms with van der Waals surface area (Å²) in [5, 5.41) is 2.98. The van der Waals surface area contributed by atoms with E-state index in [1.54, 1.807) is 0 Å². The zero-order chi connectivity index (χ0) is 20.8. The number of anilines is 1. The second-order valence-corrected chi connectivity index (χ2v) is 8.15. The highest BCUT2D eigenvalue weighted by molar-refractivity contribution is 5.78. The van der Waals surface area contributed by atoms with Crippen LogP contribution in [0, 0.1) is 0 Å². The Bertz CT molecular complexity index is 851. The van der Waals surface area contributed by atoms with E-state index in [1.807, 2.05) is 31.3 Å². The van der Waals surface area contributed by atoms with Crippen LogP contribution in [0.3, 0.4) is 0 Å². The van der Waals surface area contributed by atoms with Gasteiger partial charge in [0.1, 0.15) is 12.7 Å². The summed E-state index contributed by atoms with van der Waals surface area (Å²) in [5.41, 5.74) is 2.58. The highest BCUT2D eigenvalue weighted by atomic mass is 16.6. The van der Waals surface area contributed by atoms with Crippen molar-refractivity contribution in [1.82, 2.24) is 10.2 Å². The van der Waals surface area contributed by atoms with Gasteiger partial charge in [-0.25, -0.2) is 0 Å². The highest BCUT2D eigenvalue weighted by Gasteiger charge is 2.21. The molecule has 0 saturated carbocycles. The van der Waals surface area contributed by atoms with E-state index < -0.39 is 0 Å². The van der Waals surface area contributed by atoms with Crippen molar-refractivity contribution in [3.63, 3.8) is 0 Å². The Morgan fingerprint density at radius 3 is 2.63 bits per heavy atom. The minimum absolute atomic E-state index is 0.00425. The molecule has 160 valence electrons. The van der Waals surface area contributed by atoms with Gasteiger partial charge in [-0.2, -0.15) is 0 Å². The molecule has 6 nitrogen and oxygen atoms in total. The van der Waals surface area contributed by atoms with Crippen molar-refractivity contribution in [3.05, 3.63) is 54.1 Å². The normalized spacial score (nSPS) is 18.3. The van der Waals surface area contributed by atoms with E-state index in [-0.39, 0.29) is 12.0 Å². The number of hydrogen-bond donors (Lipinski definition) is 1. The third kappa shape index (κ3) is 5.25. The van der Waals surface area contributed by atoms with Crippen LogP contribution in [0.5, 0.6) is 11.5 Å². The second kappa shape index (κ2) is 9.85. The summed E-state index contributed by atoms with van der Waals surface area (Å²) in [7, 11) is 1.99. The number of nitrogens with zero attached hydrogens (tertiary/aromatic N) is 2. The third-order valence-corrected chi connectivity index (χ3v) is 5.64. The number of carbonyl (C=O) groups excluding carboxylic acids is 1. The van der Waals surface area contributed by atoms with E-state index in [9.17, 15) is 4.79 Å². The van der Waals surface area contributed by atoms with Gasteiger partial charge in [0, 0.05) is 25.3 Å². The minimum atomic E-state index is -0.172. The fourth-order valence-corrected chi connectivity index (χ4v) is 4.13. The number of fused-ring (bicyclic) bond motifs is 1. The Hall–Kier alpha value is -2.73. The molecule has 1 fully saturated rings. The first-order valence-electron chi connectivity index (χ1n) is 10.9. The first-order chi connectivity index (χ1) is 14.7. The van der Waals surface area contributed by atoms with Gasteiger partial charge in [0.15, 0.2) is 11.5 Å². The number of amides is 1. The summed E-state index contributed by atoms with van der Waals surface area (Å²) in [6.45, 7) is 4.21. The molecule has 4 rings (SSSR count). The van der Waals surface area contributed by atoms with E-state index >= 15 is 0 Å². The Morgan fingerprint density at radius 2 is 1.80 bits per heavy atom. The molecule has 0 bridgehead atoms. The molecule has 2 aliphatic rings. The molecular formula is C24H31N3O3. The fourth-order valence-electron chi connectivity index (χ4n) is 4.13. The number of ether oxygens (including phenoxy) is 2. The maximum Gasteiger partial charge on any atom is 0.234 e. The van der Waals surface area contributed by atoms with Crippen LogP contribution < -0.4 is 19.7 Å². The maximum atomic E-state index is 12.5. The summed E-state index contributed by atoms with van der Waals surface area (Å²) < 4.78 is 11.6. The molecule has 2 aromatic carbocycles. The maximum absolute atomic E-state index is 12.5. The summed E-state index contributed by atoms with van der Waals surface area (Å²) in [4.78, 5) is 17.0. The third-order valence-electron chi connectivity index (χ3n) is 5.64. The van der Waals surface area contributed by atoms with Crippen molar-refractivity contribution in [1.29, 1.82) is 0 Å². The first-order valence-corrected chi connectivity index (χ1v) is 10.9. The summed E-state index contributed by atoms with van der Waals surface area (Å²) >= 11 is 0. The number of piperidine rings is 1. The Kier molecular flexibility index (Phi) is 6.74. The van der Waals surface area contributed by atoms with Gasteiger partial charge in [0.2, 0.25) is 5.91 Å². The van der Waals surface area contributed by atoms with Crippen molar-refractivity contribution in [2.75, 3.05) is 44.7 Å². The zero-order valence-corrected chi connectivity index (χ0v) is 17.7. The molecule has 0 radical (unpaired) electrons. The second-order valence-electron chi connectivity index (χ2n) is 8.15. The van der Waals surface area contributed by atoms with Crippen LogP contribution in [0.2, 0.25) is 0 Å². The molecule has 2 aliphatic heterocycles. The van der Waals surface area contributed by atoms with Crippen molar-refractivity contribution in [2.24, 2.45) is 0 Å². The lowest BCUT2D eigenvalue weighted by molar-refractivity contribution is -0.122. The number of rotatable bonds is 7. The lowest BCUT2D eigenvalue weighted by Crippen LogP contribution is -2.43. The van der Waals surface area contributed by atoms with Gasteiger partial charge in [-0.3, -0.25) is 9.69 Å². The van der Waals surface area contributed by atoms with Crippen LogP contribution in [-0.2, 0) is 11.3 Å². The van der Waals surface area contributed by atoms with Gasteiger partial charge in [0.05, 0.1) is 13.1 Å². The van der Waals surface area contributed by atoms with Crippen LogP contribution in [0.4, 0.5) is 5.69 Å². The van der Waals surface area contributed by atoms with Gasteiger partial charge >= 0.3 is 0 Å². The lowest BCUT2D eigenvalue weighted by atomic mass is 10.1. The van der Waals surface area contributed by atoms with Crippen molar-refractivity contribution in [3.8, 4) is 11.5 Å². The smallest absolute Gasteiger partial charge is 0.234 e. The molecule has 0 aliphatic carbocycles. The molecule has 0 spiro atoms. The monoisotopic (exact) mass is 409 g/mol. The number of carbonyl (C=O) groups is 1. The molecule has 2 heterocycles. The molecular weight excluding hydrogens is 378 g/mol. The van der Waals surface area contributed by atoms with E-state index in [1.165, 1.54) is 30.5 Å². The number of likely N-dealkylation sites (N-methyl/N-ethyl adjacent to an activating group) is 1. The standard InChI is InChI=1S/C24H31N3O3/c1-26(16-19-9-3-4-10-21(19)27-13-7-2-8-14-27)17-24(28)25-15-20-18-29-22-11-5-6-12-23(22)30-20/h3-6,9-12,20H,2,7-8,13-18H2,1H3,(H,25,28). The van der Waals surface area contributed by atoms with Crippen molar-refractivity contribution in [2.45, 2.75) is 31.9 Å². The Labute approximate surface area is 178 Å². The largest absolute Gasteiger partial charge is 0.486 e. The fraction of sp³-hybridized carbons (Fsp3) is 0.458. The molecule has 0 aromatic heterocycles. The average molecular weight is 410 g/mol. The molecule has 1 atom stereocenters. The van der Waals surface area contributed by atoms with Crippen LogP contribution in [0.1, 0.15) is 24.8 Å². The van der Waals surface area contributed by atoms with E-state index in [0.29, 0.717) is 19.7 Å². The van der Waals surface area contributed by atoms with Crippen molar-refractivity contribution < 1.29 is 14.3 Å². The van der Waals surface area contributed by atoms with Gasteiger partial charge in [-0.05, 0) is 50.1 Å². The first kappa shape index (κ1) is 20.5. The van der Waals surface area contributed by atoms with Gasteiger partial charge < -0.3 is 19.7 Å². The average Bonchev–Trinajstić information content (AvgIpc) is 2.78. The molecule has 1 amide bonds. The molecule has 6 heteroatoms. The Morgan fingerprint density at radius 1 is 1.07 bits per heavy atom. The predicted octanol–water partition coefficient (Wildman–Crippen LogP) is 3.06. The topological polar surface area (TPSA) is 54.0 Å². The molecule has 2 aromatic rings. The molecule has 1 N–H and O–H groups in total. The molecule has 30 heavy (non-hydrogen) atoms. The van der Waals surface area contributed by atoms with Crippen molar-refractivity contribution >= 4 is 11.6 Å². The SMILES string of the molecule is CN(CC(=O)NCC1COc2ccccc2O1)Cc1ccccc1N1CCCCC1. The van der Waals surface area contributed by atoms with Gasteiger partial charge in [-0.15, -0.1) is 0 Å². The van der Waals surface area contributed by atoms with E-state index in [2.05, 4.69) is 39.4 Å². The number of nitrogens with one attached hydrogen (secondary N) is 1.